The molecule has 0 saturated heterocycles. The number of para-hydroxylation sites is 1. The summed E-state index contributed by atoms with van der Waals surface area (Å²) in [6.45, 7) is 1.12. The fraction of sp³-hybridized carbons (Fsp3) is 0.179. The van der Waals surface area contributed by atoms with Gasteiger partial charge in [-0.2, -0.15) is 13.2 Å². The van der Waals surface area contributed by atoms with Gasteiger partial charge in [0.2, 0.25) is 0 Å². The van der Waals surface area contributed by atoms with E-state index in [0.717, 1.165) is 16.1 Å². The van der Waals surface area contributed by atoms with Gasteiger partial charge in [-0.1, -0.05) is 51.8 Å². The number of likely N-dealkylation sites (N-methyl/N-ethyl adjacent to an activating group) is 1. The lowest BCUT2D eigenvalue weighted by molar-refractivity contribution is -0.137. The molecule has 0 aliphatic heterocycles. The Balaban J connectivity index is 1.90. The highest BCUT2D eigenvalue weighted by Crippen LogP contribution is 2.41. The minimum atomic E-state index is -4.58. The van der Waals surface area contributed by atoms with Crippen molar-refractivity contribution in [2.24, 2.45) is 0 Å². The average Bonchev–Trinajstić information content (AvgIpc) is 3.28. The van der Waals surface area contributed by atoms with Gasteiger partial charge in [0.05, 0.1) is 22.6 Å². The van der Waals surface area contributed by atoms with Gasteiger partial charge >= 0.3 is 6.18 Å². The first kappa shape index (κ1) is 27.0. The molecule has 4 nitrogen and oxygen atoms in total. The highest BCUT2D eigenvalue weighted by atomic mass is 79.9. The summed E-state index contributed by atoms with van der Waals surface area (Å²) in [6, 6.07) is 21.0. The van der Waals surface area contributed by atoms with Gasteiger partial charge in [0.25, 0.3) is 5.91 Å². The Morgan fingerprint density at radius 2 is 1.65 bits per heavy atom. The van der Waals surface area contributed by atoms with Gasteiger partial charge < -0.3 is 14.8 Å². The van der Waals surface area contributed by atoms with Crippen LogP contribution >= 0.6 is 27.5 Å². The molecule has 192 valence electrons. The number of rotatable bonds is 7. The fourth-order valence-corrected chi connectivity index (χ4v) is 4.50. The highest BCUT2D eigenvalue weighted by molar-refractivity contribution is 9.10. The average molecular weight is 591 g/mol. The van der Waals surface area contributed by atoms with E-state index in [2.05, 4.69) is 21.2 Å². The van der Waals surface area contributed by atoms with Crippen molar-refractivity contribution in [3.05, 3.63) is 99.5 Å². The summed E-state index contributed by atoms with van der Waals surface area (Å²) in [5.41, 5.74) is 1.70. The Morgan fingerprint density at radius 1 is 0.973 bits per heavy atom. The molecule has 0 bridgehead atoms. The topological polar surface area (TPSA) is 37.3 Å². The van der Waals surface area contributed by atoms with Crippen LogP contribution in [0.1, 0.15) is 15.9 Å². The molecule has 0 unspecified atom stereocenters. The first-order valence-corrected chi connectivity index (χ1v) is 12.6. The van der Waals surface area contributed by atoms with Crippen LogP contribution in [0, 0.1) is 0 Å². The van der Waals surface area contributed by atoms with Gasteiger partial charge in [-0.05, 0) is 74.3 Å². The van der Waals surface area contributed by atoms with Crippen LogP contribution in [-0.2, 0) is 6.18 Å². The largest absolute Gasteiger partial charge is 0.418 e. The van der Waals surface area contributed by atoms with Crippen molar-refractivity contribution in [2.75, 3.05) is 27.2 Å². The van der Waals surface area contributed by atoms with E-state index in [-0.39, 0.29) is 11.6 Å². The van der Waals surface area contributed by atoms with Crippen LogP contribution in [0.25, 0.3) is 28.2 Å². The Labute approximate surface area is 226 Å². The Bertz CT molecular complexity index is 1420. The number of hydrogen-bond acceptors (Lipinski definition) is 2. The zero-order chi connectivity index (χ0) is 26.7. The van der Waals surface area contributed by atoms with Gasteiger partial charge in [0.1, 0.15) is 0 Å². The van der Waals surface area contributed by atoms with Crippen LogP contribution in [0.15, 0.2) is 83.3 Å². The summed E-state index contributed by atoms with van der Waals surface area (Å²) in [5, 5.41) is 3.17. The van der Waals surface area contributed by atoms with Crippen LogP contribution in [0.5, 0.6) is 0 Å². The second-order valence-electron chi connectivity index (χ2n) is 8.71. The third kappa shape index (κ3) is 6.09. The number of carbonyl (C=O) groups is 1. The molecule has 9 heteroatoms. The van der Waals surface area contributed by atoms with Gasteiger partial charge in [0.15, 0.2) is 0 Å². The normalized spacial score (nSPS) is 11.7. The van der Waals surface area contributed by atoms with Crippen LogP contribution in [0.4, 0.5) is 13.2 Å². The zero-order valence-corrected chi connectivity index (χ0v) is 22.5. The molecular formula is C28H24BrClF3N3O. The van der Waals surface area contributed by atoms with Crippen LogP contribution in [0.3, 0.4) is 0 Å². The first-order chi connectivity index (χ1) is 17.6. The SMILES string of the molecule is CN(C)CCNC(=O)c1ccc(Cl)c(-c2ccc(-c3ccc(Br)cc3)n2-c2ccccc2C(F)(F)F)c1. The molecule has 0 saturated carbocycles. The summed E-state index contributed by atoms with van der Waals surface area (Å²) in [7, 11) is 3.81. The van der Waals surface area contributed by atoms with Gasteiger partial charge in [-0.3, -0.25) is 4.79 Å². The molecule has 4 rings (SSSR count). The number of amides is 1. The molecule has 1 N–H and O–H groups in total. The molecule has 0 fully saturated rings. The van der Waals surface area contributed by atoms with E-state index in [4.69, 9.17) is 11.6 Å². The van der Waals surface area contributed by atoms with E-state index >= 15 is 0 Å². The highest BCUT2D eigenvalue weighted by Gasteiger charge is 2.34. The quantitative estimate of drug-likeness (QED) is 0.242. The van der Waals surface area contributed by atoms with Crippen molar-refractivity contribution in [1.82, 2.24) is 14.8 Å². The van der Waals surface area contributed by atoms with E-state index < -0.39 is 11.7 Å². The van der Waals surface area contributed by atoms with Crippen LogP contribution in [-0.4, -0.2) is 42.6 Å². The molecule has 0 aliphatic rings. The molecule has 4 aromatic rings. The molecule has 1 aromatic heterocycles. The molecule has 1 heterocycles. The molecular weight excluding hydrogens is 567 g/mol. The Kier molecular flexibility index (Phi) is 8.11. The maximum absolute atomic E-state index is 14.1. The maximum atomic E-state index is 14.1. The summed E-state index contributed by atoms with van der Waals surface area (Å²) in [4.78, 5) is 14.7. The summed E-state index contributed by atoms with van der Waals surface area (Å²) >= 11 is 9.97. The van der Waals surface area contributed by atoms with Gasteiger partial charge in [-0.15, -0.1) is 0 Å². The number of halogens is 5. The Morgan fingerprint density at radius 3 is 2.32 bits per heavy atom. The number of nitrogens with one attached hydrogen (secondary N) is 1. The zero-order valence-electron chi connectivity index (χ0n) is 20.1. The second-order valence-corrected chi connectivity index (χ2v) is 10.0. The summed E-state index contributed by atoms with van der Waals surface area (Å²) in [6.07, 6.45) is -4.58. The Hall–Kier alpha value is -3.07. The molecule has 0 aliphatic carbocycles. The minimum Gasteiger partial charge on any atom is -0.351 e. The van der Waals surface area contributed by atoms with E-state index in [1.807, 2.05) is 43.3 Å². The van der Waals surface area contributed by atoms with Crippen molar-refractivity contribution in [3.63, 3.8) is 0 Å². The molecule has 0 spiro atoms. The lowest BCUT2D eigenvalue weighted by atomic mass is 10.1. The number of nitrogens with zero attached hydrogens (tertiary/aromatic N) is 2. The van der Waals surface area contributed by atoms with Crippen LogP contribution < -0.4 is 5.32 Å². The van der Waals surface area contributed by atoms with Crippen molar-refractivity contribution in [3.8, 4) is 28.2 Å². The van der Waals surface area contributed by atoms with E-state index in [1.165, 1.54) is 12.1 Å². The predicted octanol–water partition coefficient (Wildman–Crippen LogP) is 7.54. The summed E-state index contributed by atoms with van der Waals surface area (Å²) < 4.78 is 44.6. The van der Waals surface area contributed by atoms with Crippen LogP contribution in [0.2, 0.25) is 5.02 Å². The van der Waals surface area contributed by atoms with E-state index in [1.54, 1.807) is 41.0 Å². The monoisotopic (exact) mass is 589 g/mol. The maximum Gasteiger partial charge on any atom is 0.418 e. The minimum absolute atomic E-state index is 0.0372. The number of carbonyl (C=O) groups excluding carboxylic acids is 1. The van der Waals surface area contributed by atoms with E-state index in [0.29, 0.717) is 40.6 Å². The molecule has 0 radical (unpaired) electrons. The van der Waals surface area contributed by atoms with Crippen molar-refractivity contribution < 1.29 is 18.0 Å². The number of alkyl halides is 3. The molecule has 1 amide bonds. The van der Waals surface area contributed by atoms with Gasteiger partial charge in [-0.25, -0.2) is 0 Å². The molecule has 37 heavy (non-hydrogen) atoms. The lowest BCUT2D eigenvalue weighted by Gasteiger charge is -2.20. The van der Waals surface area contributed by atoms with Crippen molar-refractivity contribution in [2.45, 2.75) is 6.18 Å². The number of benzene rings is 3. The number of hydrogen-bond donors (Lipinski definition) is 1. The number of aromatic nitrogens is 1. The molecule has 3 aromatic carbocycles. The standard InChI is InChI=1S/C28H24BrClF3N3O/c1-35(2)16-15-34-27(37)19-9-12-23(30)21(17-19)25-14-13-24(18-7-10-20(29)11-8-18)36(25)26-6-4-3-5-22(26)28(31,32)33/h3-14,17H,15-16H2,1-2H3,(H,34,37). The lowest BCUT2D eigenvalue weighted by Crippen LogP contribution is -2.31. The van der Waals surface area contributed by atoms with Gasteiger partial charge in [0, 0.05) is 33.7 Å². The summed E-state index contributed by atoms with van der Waals surface area (Å²) in [5.74, 6) is -0.290. The molecule has 0 atom stereocenters. The smallest absolute Gasteiger partial charge is 0.351 e. The predicted molar refractivity (Wildman–Crippen MR) is 145 cm³/mol. The second kappa shape index (κ2) is 11.1. The van der Waals surface area contributed by atoms with Crippen molar-refractivity contribution in [1.29, 1.82) is 0 Å². The third-order valence-electron chi connectivity index (χ3n) is 5.82. The fourth-order valence-electron chi connectivity index (χ4n) is 4.02. The third-order valence-corrected chi connectivity index (χ3v) is 6.68. The first-order valence-electron chi connectivity index (χ1n) is 11.4. The van der Waals surface area contributed by atoms with E-state index in [9.17, 15) is 18.0 Å². The van der Waals surface area contributed by atoms with Crippen molar-refractivity contribution >= 4 is 33.4 Å².